The lowest BCUT2D eigenvalue weighted by molar-refractivity contribution is -0.870. The lowest BCUT2D eigenvalue weighted by Crippen LogP contribution is -3.00. The molecule has 3 N–H and O–H groups in total. The quantitative estimate of drug-likeness (QED) is 0.267. The number of carbonyl (C=O) groups excluding carboxylic acids is 1. The topological polar surface area (TPSA) is 109 Å². The fraction of sp³-hybridized carbons (Fsp3) is 0.750. The Morgan fingerprint density at radius 2 is 1.54 bits per heavy atom. The maximum Gasteiger partial charge on any atom is 0.162 e. The summed E-state index contributed by atoms with van der Waals surface area (Å²) in [5.41, 5.74) is 0.694. The van der Waals surface area contributed by atoms with Crippen LogP contribution in [0.25, 0.3) is 0 Å². The highest BCUT2D eigenvalue weighted by Gasteiger charge is 2.02. The smallest absolute Gasteiger partial charge is 0.162 e. The predicted octanol–water partition coefficient (Wildman–Crippen LogP) is -4.25. The summed E-state index contributed by atoms with van der Waals surface area (Å²) in [4.78, 5) is 16.6. The number of hydrogen-bond donors (Lipinski definition) is 4. The molecular formula is C16H35ClN4O4S. The summed E-state index contributed by atoms with van der Waals surface area (Å²) in [6.45, 7) is 2.23. The number of halogens is 1. The summed E-state index contributed by atoms with van der Waals surface area (Å²) in [5, 5.41) is 27.3. The molecule has 26 heavy (non-hydrogen) atoms. The van der Waals surface area contributed by atoms with E-state index in [1.54, 1.807) is 6.20 Å². The zero-order valence-corrected chi connectivity index (χ0v) is 18.3. The minimum atomic E-state index is -1.06. The number of quaternary nitrogens is 2. The summed E-state index contributed by atoms with van der Waals surface area (Å²) >= 11 is 3.92. The van der Waals surface area contributed by atoms with E-state index >= 15 is 0 Å². The number of aliphatic hydroxyl groups is 2. The number of thiol groups is 1. The molecular weight excluding hydrogens is 380 g/mol. The number of carboxylic acid groups (broad SMARTS) is 1. The molecule has 0 unspecified atom stereocenters. The van der Waals surface area contributed by atoms with Gasteiger partial charge in [-0.25, -0.2) is 4.98 Å². The third-order valence-corrected chi connectivity index (χ3v) is 2.97. The largest absolute Gasteiger partial charge is 1.00 e. The van der Waals surface area contributed by atoms with E-state index in [1.807, 2.05) is 0 Å². The van der Waals surface area contributed by atoms with Crippen LogP contribution in [0.3, 0.4) is 0 Å². The van der Waals surface area contributed by atoms with E-state index in [4.69, 9.17) is 10.2 Å². The van der Waals surface area contributed by atoms with E-state index in [1.165, 1.54) is 0 Å². The number of rotatable bonds is 7. The third-order valence-electron chi connectivity index (χ3n) is 2.74. The van der Waals surface area contributed by atoms with E-state index in [2.05, 4.69) is 64.9 Å². The van der Waals surface area contributed by atoms with Crippen molar-refractivity contribution in [3.05, 3.63) is 11.9 Å². The second-order valence-electron chi connectivity index (χ2n) is 7.56. The standard InChI is InChI=1S/C6H8N2O2S.2C5H14NO.ClH/c9-5(10)2-1-4-3-7-6(11)8-4;2*1-6(2,3)4-5-7;/h3H,1-2H2,(H,9,10)(H2,7,8,11);2*7H,4-5H2,1-3H3;1H/q;2*+1;/p-2. The molecule has 0 bridgehead atoms. The molecule has 0 fully saturated rings. The van der Waals surface area contributed by atoms with Crippen molar-refractivity contribution in [2.75, 3.05) is 68.6 Å². The van der Waals surface area contributed by atoms with Gasteiger partial charge in [-0.2, -0.15) is 0 Å². The normalized spacial score (nSPS) is 10.7. The van der Waals surface area contributed by atoms with E-state index in [0.29, 0.717) is 17.3 Å². The van der Waals surface area contributed by atoms with Gasteiger partial charge in [0, 0.05) is 12.2 Å². The zero-order chi connectivity index (χ0) is 20.1. The number of nitrogens with zero attached hydrogens (tertiary/aromatic N) is 3. The van der Waals surface area contributed by atoms with Crippen molar-refractivity contribution in [1.29, 1.82) is 0 Å². The van der Waals surface area contributed by atoms with E-state index < -0.39 is 5.97 Å². The number of carboxylic acids is 1. The van der Waals surface area contributed by atoms with E-state index in [9.17, 15) is 9.90 Å². The van der Waals surface area contributed by atoms with Crippen molar-refractivity contribution >= 4 is 18.6 Å². The number of aliphatic hydroxyl groups excluding tert-OH is 2. The Balaban J connectivity index is -0.000000314. The molecule has 156 valence electrons. The number of carbonyl (C=O) groups is 1. The van der Waals surface area contributed by atoms with Crippen LogP contribution in [-0.2, 0) is 11.2 Å². The predicted molar refractivity (Wildman–Crippen MR) is 99.1 cm³/mol. The Morgan fingerprint density at radius 1 is 1.12 bits per heavy atom. The van der Waals surface area contributed by atoms with Gasteiger partial charge in [-0.3, -0.25) is 0 Å². The first kappa shape index (κ1) is 29.9. The molecule has 1 heterocycles. The molecule has 0 atom stereocenters. The molecule has 0 aromatic carbocycles. The van der Waals surface area contributed by atoms with Crippen LogP contribution in [0.4, 0.5) is 0 Å². The third kappa shape index (κ3) is 25.4. The van der Waals surface area contributed by atoms with Crippen LogP contribution in [-0.4, -0.2) is 104 Å². The lowest BCUT2D eigenvalue weighted by Gasteiger charge is -2.21. The molecule has 8 nitrogen and oxygen atoms in total. The summed E-state index contributed by atoms with van der Waals surface area (Å²) in [6, 6.07) is 0. The average molecular weight is 415 g/mol. The fourth-order valence-corrected chi connectivity index (χ4v) is 1.50. The van der Waals surface area contributed by atoms with Crippen LogP contribution in [0.5, 0.6) is 0 Å². The minimum Gasteiger partial charge on any atom is -1.00 e. The molecule has 10 heteroatoms. The first-order chi connectivity index (χ1) is 11.3. The zero-order valence-electron chi connectivity index (χ0n) is 16.7. The molecule has 0 saturated heterocycles. The van der Waals surface area contributed by atoms with Gasteiger partial charge in [0.25, 0.3) is 0 Å². The molecule has 0 aliphatic carbocycles. The number of aryl methyl sites for hydroxylation is 1. The Kier molecular flexibility index (Phi) is 17.5. The monoisotopic (exact) mass is 414 g/mol. The Bertz CT molecular complexity index is 458. The van der Waals surface area contributed by atoms with E-state index in [-0.39, 0.29) is 32.0 Å². The first-order valence-electron chi connectivity index (χ1n) is 8.06. The molecule has 0 spiro atoms. The second kappa shape index (κ2) is 15.2. The highest BCUT2D eigenvalue weighted by Crippen LogP contribution is 2.02. The number of hydrogen-bond acceptors (Lipinski definition) is 6. The van der Waals surface area contributed by atoms with E-state index in [0.717, 1.165) is 22.1 Å². The number of imidazole rings is 1. The van der Waals surface area contributed by atoms with Gasteiger partial charge in [0.15, 0.2) is 5.16 Å². The summed E-state index contributed by atoms with van der Waals surface area (Å²) in [6.07, 6.45) is 2.02. The van der Waals surface area contributed by atoms with Crippen LogP contribution >= 0.6 is 12.6 Å². The average Bonchev–Trinajstić information content (AvgIpc) is 2.81. The SMILES string of the molecule is C[N+](C)(C)CCO.C[N+](C)(C)CCO.O=C([O-])CCc1c[nH]c(S)n1.[Cl-]. The highest BCUT2D eigenvalue weighted by molar-refractivity contribution is 7.80. The number of likely N-dealkylation sites (N-methyl/N-ethyl adjacent to an activating group) is 2. The molecule has 0 amide bonds. The van der Waals surface area contributed by atoms with Crippen LogP contribution in [0.2, 0.25) is 0 Å². The lowest BCUT2D eigenvalue weighted by atomic mass is 10.2. The molecule has 0 aliphatic heterocycles. The Labute approximate surface area is 168 Å². The van der Waals surface area contributed by atoms with Crippen LogP contribution in [0.15, 0.2) is 11.4 Å². The number of aromatic nitrogens is 2. The van der Waals surface area contributed by atoms with Crippen LogP contribution in [0, 0.1) is 0 Å². The van der Waals surface area contributed by atoms with Gasteiger partial charge in [0.1, 0.15) is 13.1 Å². The number of aliphatic carboxylic acids is 1. The minimum absolute atomic E-state index is 0. The van der Waals surface area contributed by atoms with Gasteiger partial charge in [-0.15, -0.1) is 12.6 Å². The number of aromatic amines is 1. The van der Waals surface area contributed by atoms with Gasteiger partial charge in [-0.1, -0.05) is 0 Å². The van der Waals surface area contributed by atoms with Gasteiger partial charge in [0.05, 0.1) is 61.2 Å². The van der Waals surface area contributed by atoms with Gasteiger partial charge in [-0.05, 0) is 12.8 Å². The van der Waals surface area contributed by atoms with Gasteiger partial charge < -0.3 is 46.5 Å². The second-order valence-corrected chi connectivity index (χ2v) is 7.99. The van der Waals surface area contributed by atoms with Crippen LogP contribution < -0.4 is 17.5 Å². The van der Waals surface area contributed by atoms with Gasteiger partial charge >= 0.3 is 0 Å². The number of nitrogens with one attached hydrogen (secondary N) is 1. The maximum atomic E-state index is 10.0. The molecule has 1 rings (SSSR count). The molecule has 1 aromatic heterocycles. The van der Waals surface area contributed by atoms with Crippen molar-refractivity contribution in [2.24, 2.45) is 0 Å². The van der Waals surface area contributed by atoms with Gasteiger partial charge in [0.2, 0.25) is 0 Å². The van der Waals surface area contributed by atoms with Crippen molar-refractivity contribution in [2.45, 2.75) is 18.0 Å². The highest BCUT2D eigenvalue weighted by atomic mass is 35.5. The summed E-state index contributed by atoms with van der Waals surface area (Å²) in [7, 11) is 12.3. The Morgan fingerprint density at radius 3 is 1.73 bits per heavy atom. The molecule has 0 saturated carbocycles. The van der Waals surface area contributed by atoms with Crippen molar-refractivity contribution in [1.82, 2.24) is 9.97 Å². The summed E-state index contributed by atoms with van der Waals surface area (Å²) in [5.74, 6) is -1.06. The number of H-pyrrole nitrogens is 1. The Hall–Kier alpha value is -0.840. The van der Waals surface area contributed by atoms with Crippen molar-refractivity contribution in [3.63, 3.8) is 0 Å². The van der Waals surface area contributed by atoms with Crippen molar-refractivity contribution in [3.8, 4) is 0 Å². The van der Waals surface area contributed by atoms with Crippen LogP contribution in [0.1, 0.15) is 12.1 Å². The molecule has 1 aromatic rings. The summed E-state index contributed by atoms with van der Waals surface area (Å²) < 4.78 is 1.69. The molecule has 0 aliphatic rings. The molecule has 0 radical (unpaired) electrons. The first-order valence-corrected chi connectivity index (χ1v) is 8.51. The fourth-order valence-electron chi connectivity index (χ4n) is 1.31. The van der Waals surface area contributed by atoms with Crippen molar-refractivity contribution < 1.29 is 41.5 Å². The maximum absolute atomic E-state index is 10.0.